The van der Waals surface area contributed by atoms with Gasteiger partial charge in [0.25, 0.3) is 0 Å². The van der Waals surface area contributed by atoms with Crippen LogP contribution < -0.4 is 0 Å². The van der Waals surface area contributed by atoms with Crippen molar-refractivity contribution in [2.24, 2.45) is 0 Å². The normalized spacial score (nSPS) is 9.12. The van der Waals surface area contributed by atoms with Crippen molar-refractivity contribution in [1.29, 1.82) is 0 Å². The fourth-order valence-electron chi connectivity index (χ4n) is 0.525. The number of benzene rings is 1. The van der Waals surface area contributed by atoms with Crippen molar-refractivity contribution in [3.8, 4) is 5.75 Å². The first-order chi connectivity index (χ1) is 3.79. The largest absolute Gasteiger partial charge is 0.508 e. The summed E-state index contributed by atoms with van der Waals surface area (Å²) in [7, 11) is 0. The predicted octanol–water partition coefficient (Wildman–Crippen LogP) is 1.45. The predicted molar refractivity (Wildman–Crippen MR) is 31.5 cm³/mol. The minimum absolute atomic E-state index is 0.213. The maximum Gasteiger partial charge on any atom is 0.115 e. The van der Waals surface area contributed by atoms with Gasteiger partial charge in [0.2, 0.25) is 0 Å². The maximum absolute atomic E-state index is 8.73. The average molecular weight is 106 g/mol. The lowest BCUT2D eigenvalue weighted by Gasteiger charge is -1.89. The molecule has 2 radical (unpaired) electrons. The Morgan fingerprint density at radius 3 is 2.50 bits per heavy atom. The third-order valence-corrected chi connectivity index (χ3v) is 0.870. The molecule has 1 nitrogen and oxygen atoms in total. The fourth-order valence-corrected chi connectivity index (χ4v) is 0.525. The van der Waals surface area contributed by atoms with Crippen LogP contribution in [0.25, 0.3) is 0 Å². The molecule has 0 amide bonds. The van der Waals surface area contributed by atoms with Gasteiger partial charge < -0.3 is 5.11 Å². The summed E-state index contributed by atoms with van der Waals surface area (Å²) < 4.78 is 0. The van der Waals surface area contributed by atoms with Crippen LogP contribution in [0.4, 0.5) is 0 Å². The zero-order valence-electron chi connectivity index (χ0n) is 4.33. The first-order valence-corrected chi connectivity index (χ1v) is 2.33. The van der Waals surface area contributed by atoms with Crippen LogP contribution in [-0.2, 0) is 0 Å². The van der Waals surface area contributed by atoms with Gasteiger partial charge in [0.1, 0.15) is 5.75 Å². The van der Waals surface area contributed by atoms with Gasteiger partial charge in [0, 0.05) is 0 Å². The molecule has 0 fully saturated rings. The smallest absolute Gasteiger partial charge is 0.115 e. The Morgan fingerprint density at radius 2 is 2.12 bits per heavy atom. The molecular formula is C7H6O. The second kappa shape index (κ2) is 1.86. The summed E-state index contributed by atoms with van der Waals surface area (Å²) in [6, 6.07) is 6.50. The topological polar surface area (TPSA) is 20.2 Å². The molecule has 1 rings (SSSR count). The monoisotopic (exact) mass is 106 g/mol. The van der Waals surface area contributed by atoms with Gasteiger partial charge in [0.05, 0.1) is 0 Å². The highest BCUT2D eigenvalue weighted by Gasteiger charge is 1.83. The van der Waals surface area contributed by atoms with Crippen LogP contribution in [0.5, 0.6) is 5.75 Å². The molecule has 1 N–H and O–H groups in total. The third kappa shape index (κ3) is 0.997. The molecule has 0 heterocycles. The number of phenols is 1. The van der Waals surface area contributed by atoms with Crippen molar-refractivity contribution < 1.29 is 5.11 Å². The summed E-state index contributed by atoms with van der Waals surface area (Å²) in [6.07, 6.45) is 0. The van der Waals surface area contributed by atoms with Gasteiger partial charge in [-0.05, 0) is 24.6 Å². The molecule has 0 aromatic heterocycles. The van der Waals surface area contributed by atoms with Gasteiger partial charge in [-0.1, -0.05) is 12.1 Å². The standard InChI is InChI=1S/C7H6O/c1-6-3-2-4-7(8)5-6/h1-5,8H. The molecule has 0 saturated carbocycles. The van der Waals surface area contributed by atoms with Gasteiger partial charge in [0.15, 0.2) is 0 Å². The molecule has 1 aromatic carbocycles. The van der Waals surface area contributed by atoms with E-state index in [1.807, 2.05) is 0 Å². The lowest BCUT2D eigenvalue weighted by atomic mass is 10.2. The maximum atomic E-state index is 8.73. The van der Waals surface area contributed by atoms with Crippen LogP contribution in [0.1, 0.15) is 5.56 Å². The lowest BCUT2D eigenvalue weighted by Crippen LogP contribution is -1.66. The van der Waals surface area contributed by atoms with E-state index >= 15 is 0 Å². The van der Waals surface area contributed by atoms with Crippen LogP contribution in [0.15, 0.2) is 24.3 Å². The summed E-state index contributed by atoms with van der Waals surface area (Å²) in [5.74, 6) is 0.213. The summed E-state index contributed by atoms with van der Waals surface area (Å²) in [5.41, 5.74) is 0.588. The molecule has 0 bridgehead atoms. The van der Waals surface area contributed by atoms with Crippen molar-refractivity contribution >= 4 is 0 Å². The molecule has 1 heteroatoms. The number of rotatable bonds is 0. The zero-order chi connectivity index (χ0) is 5.98. The summed E-state index contributed by atoms with van der Waals surface area (Å²) in [5, 5.41) is 8.73. The van der Waals surface area contributed by atoms with E-state index in [-0.39, 0.29) is 5.75 Å². The fraction of sp³-hybridized carbons (Fsp3) is 0. The van der Waals surface area contributed by atoms with Gasteiger partial charge in [-0.2, -0.15) is 0 Å². The molecule has 40 valence electrons. The Bertz CT molecular complexity index is 164. The lowest BCUT2D eigenvalue weighted by molar-refractivity contribution is 0.475. The minimum Gasteiger partial charge on any atom is -0.508 e. The van der Waals surface area contributed by atoms with Crippen molar-refractivity contribution in [3.63, 3.8) is 0 Å². The second-order valence-corrected chi connectivity index (χ2v) is 1.59. The average Bonchev–Trinajstić information content (AvgIpc) is 1.64. The van der Waals surface area contributed by atoms with Gasteiger partial charge in [-0.25, -0.2) is 0 Å². The van der Waals surface area contributed by atoms with Crippen LogP contribution in [0.3, 0.4) is 0 Å². The summed E-state index contributed by atoms with van der Waals surface area (Å²) >= 11 is 0. The highest BCUT2D eigenvalue weighted by atomic mass is 16.3. The molecule has 0 saturated heterocycles. The number of aromatic hydroxyl groups is 1. The van der Waals surface area contributed by atoms with E-state index in [0.717, 1.165) is 0 Å². The van der Waals surface area contributed by atoms with Crippen LogP contribution in [-0.4, -0.2) is 5.11 Å². The van der Waals surface area contributed by atoms with Crippen molar-refractivity contribution in [2.75, 3.05) is 0 Å². The Morgan fingerprint density at radius 1 is 1.38 bits per heavy atom. The molecular weight excluding hydrogens is 100 g/mol. The molecule has 0 atom stereocenters. The molecule has 0 aliphatic heterocycles. The second-order valence-electron chi connectivity index (χ2n) is 1.59. The highest BCUT2D eigenvalue weighted by Crippen LogP contribution is 2.08. The van der Waals surface area contributed by atoms with E-state index in [2.05, 4.69) is 0 Å². The van der Waals surface area contributed by atoms with Crippen molar-refractivity contribution in [1.82, 2.24) is 0 Å². The molecule has 8 heavy (non-hydrogen) atoms. The van der Waals surface area contributed by atoms with Crippen LogP contribution >= 0.6 is 0 Å². The van der Waals surface area contributed by atoms with Crippen molar-refractivity contribution in [2.45, 2.75) is 0 Å². The van der Waals surface area contributed by atoms with Gasteiger partial charge in [-0.15, -0.1) is 0 Å². The van der Waals surface area contributed by atoms with E-state index in [9.17, 15) is 0 Å². The molecule has 0 aliphatic rings. The van der Waals surface area contributed by atoms with Crippen LogP contribution in [0.2, 0.25) is 0 Å². The molecule has 0 spiro atoms. The minimum atomic E-state index is 0.213. The molecule has 0 unspecified atom stereocenters. The Labute approximate surface area is 48.6 Å². The van der Waals surface area contributed by atoms with E-state index in [0.29, 0.717) is 5.56 Å². The van der Waals surface area contributed by atoms with Gasteiger partial charge >= 0.3 is 0 Å². The number of hydrogen-bond acceptors (Lipinski definition) is 1. The molecule has 0 aliphatic carbocycles. The Kier molecular flexibility index (Phi) is 1.20. The SMILES string of the molecule is [CH]c1cccc(O)c1. The first kappa shape index (κ1) is 5.16. The highest BCUT2D eigenvalue weighted by molar-refractivity contribution is 5.28. The zero-order valence-corrected chi connectivity index (χ0v) is 4.33. The number of phenolic OH excluding ortho intramolecular Hbond substituents is 1. The van der Waals surface area contributed by atoms with E-state index in [1.165, 1.54) is 6.07 Å². The number of hydrogen-bond donors (Lipinski definition) is 1. The first-order valence-electron chi connectivity index (χ1n) is 2.33. The van der Waals surface area contributed by atoms with E-state index in [1.54, 1.807) is 18.2 Å². The summed E-state index contributed by atoms with van der Waals surface area (Å²) in [6.45, 7) is 5.30. The van der Waals surface area contributed by atoms with Crippen LogP contribution in [0, 0.1) is 6.92 Å². The van der Waals surface area contributed by atoms with Gasteiger partial charge in [-0.3, -0.25) is 0 Å². The van der Waals surface area contributed by atoms with Crippen molar-refractivity contribution in [3.05, 3.63) is 36.8 Å². The quantitative estimate of drug-likeness (QED) is 0.530. The summed E-state index contributed by atoms with van der Waals surface area (Å²) in [4.78, 5) is 0. The van der Waals surface area contributed by atoms with E-state index < -0.39 is 0 Å². The van der Waals surface area contributed by atoms with E-state index in [4.69, 9.17) is 12.0 Å². The Balaban J connectivity index is 3.08. The molecule has 1 aromatic rings. The third-order valence-electron chi connectivity index (χ3n) is 0.870. The Hall–Kier alpha value is -0.980.